The summed E-state index contributed by atoms with van der Waals surface area (Å²) in [5.41, 5.74) is 0. The van der Waals surface area contributed by atoms with E-state index in [1.807, 2.05) is 0 Å². The standard InChI is InChI=1S/C86H168O17P2/c1-6-9-12-15-18-21-24-26-28-30-32-34-35-37-39-41-43-45-51-56-61-66-71-85(90)102-82(76-97-84(89)70-65-60-55-50-44-42-40-38-36-33-31-29-27-25-22-19-16-13-10-7-2)78-101-105(94,95)99-74-80(87)73-98-104(92,93)100-77-81(75-96-83(88)69-64-59-54-49-23-20-17-14-11-8-3)103-86(91)72-67-62-57-52-47-46-48-53-58-63-68-79(4)5/h79-82,87H,6-78H2,1-5H3,(H,92,93)(H,94,95)/t80-,81+,82+/m0/s1. The van der Waals surface area contributed by atoms with Crippen molar-refractivity contribution < 1.29 is 80.2 Å². The zero-order valence-electron chi connectivity index (χ0n) is 68.9. The second kappa shape index (κ2) is 78.7. The van der Waals surface area contributed by atoms with Crippen LogP contribution in [0.1, 0.15) is 465 Å². The van der Waals surface area contributed by atoms with Gasteiger partial charge in [-0.1, -0.05) is 413 Å². The van der Waals surface area contributed by atoms with Crippen molar-refractivity contribution in [2.24, 2.45) is 5.92 Å². The average Bonchev–Trinajstić information content (AvgIpc) is 0.929. The Morgan fingerprint density at radius 3 is 0.648 bits per heavy atom. The molecule has 17 nitrogen and oxygen atoms in total. The fourth-order valence-electron chi connectivity index (χ4n) is 13.5. The van der Waals surface area contributed by atoms with Crippen LogP contribution in [0.15, 0.2) is 0 Å². The largest absolute Gasteiger partial charge is 0.472 e. The number of aliphatic hydroxyl groups excluding tert-OH is 1. The van der Waals surface area contributed by atoms with Crippen LogP contribution in [0, 0.1) is 5.92 Å². The van der Waals surface area contributed by atoms with Crippen LogP contribution in [0.3, 0.4) is 0 Å². The maximum Gasteiger partial charge on any atom is 0.472 e. The number of unbranched alkanes of at least 4 members (excludes halogenated alkanes) is 58. The molecular weight excluding hydrogens is 1370 g/mol. The quantitative estimate of drug-likeness (QED) is 0.0222. The second-order valence-electron chi connectivity index (χ2n) is 31.4. The van der Waals surface area contributed by atoms with Crippen LogP contribution in [0.4, 0.5) is 0 Å². The molecule has 0 radical (unpaired) electrons. The number of carbonyl (C=O) groups excluding carboxylic acids is 4. The molecule has 0 bridgehead atoms. The van der Waals surface area contributed by atoms with Crippen LogP contribution in [0.5, 0.6) is 0 Å². The Morgan fingerprint density at radius 1 is 0.257 bits per heavy atom. The fraction of sp³-hybridized carbons (Fsp3) is 0.953. The van der Waals surface area contributed by atoms with Crippen molar-refractivity contribution in [2.75, 3.05) is 39.6 Å². The van der Waals surface area contributed by atoms with E-state index in [-0.39, 0.29) is 25.7 Å². The third-order valence-corrected chi connectivity index (χ3v) is 22.2. The van der Waals surface area contributed by atoms with Gasteiger partial charge in [-0.3, -0.25) is 37.3 Å². The highest BCUT2D eigenvalue weighted by molar-refractivity contribution is 7.47. The highest BCUT2D eigenvalue weighted by atomic mass is 31.2. The SMILES string of the molecule is CCCCCCCCCCCCCCCCCCCCCCCCC(=O)O[C@H](COC(=O)CCCCCCCCCCCCCCCCCCCCCC)COP(=O)(O)OC[C@@H](O)COP(=O)(O)OC[C@@H](COC(=O)CCCCCCCCCCCC)OC(=O)CCCCCCCCCCCCC(C)C. The van der Waals surface area contributed by atoms with E-state index in [9.17, 15) is 43.2 Å². The first-order chi connectivity index (χ1) is 51.0. The Morgan fingerprint density at radius 2 is 0.438 bits per heavy atom. The molecule has 0 aliphatic rings. The van der Waals surface area contributed by atoms with Gasteiger partial charge in [0.15, 0.2) is 12.2 Å². The molecule has 0 amide bonds. The molecule has 0 aliphatic heterocycles. The van der Waals surface area contributed by atoms with Crippen LogP contribution >= 0.6 is 15.6 Å². The number of carbonyl (C=O) groups is 4. The summed E-state index contributed by atoms with van der Waals surface area (Å²) < 4.78 is 68.8. The van der Waals surface area contributed by atoms with E-state index in [2.05, 4.69) is 34.6 Å². The second-order valence-corrected chi connectivity index (χ2v) is 34.3. The van der Waals surface area contributed by atoms with Crippen molar-refractivity contribution in [3.8, 4) is 0 Å². The molecule has 0 rings (SSSR count). The van der Waals surface area contributed by atoms with Crippen LogP contribution in [-0.2, 0) is 65.4 Å². The van der Waals surface area contributed by atoms with Gasteiger partial charge in [-0.05, 0) is 31.6 Å². The van der Waals surface area contributed by atoms with Gasteiger partial charge in [0.05, 0.1) is 26.4 Å². The lowest BCUT2D eigenvalue weighted by atomic mass is 10.0. The number of aliphatic hydroxyl groups is 1. The first kappa shape index (κ1) is 103. The van der Waals surface area contributed by atoms with Gasteiger partial charge < -0.3 is 33.8 Å². The molecule has 2 unspecified atom stereocenters. The fourth-order valence-corrected chi connectivity index (χ4v) is 15.1. The van der Waals surface area contributed by atoms with Gasteiger partial charge in [-0.25, -0.2) is 9.13 Å². The summed E-state index contributed by atoms with van der Waals surface area (Å²) in [6, 6.07) is 0. The van der Waals surface area contributed by atoms with Crippen LogP contribution < -0.4 is 0 Å². The molecule has 0 saturated heterocycles. The molecule has 0 spiro atoms. The Balaban J connectivity index is 5.20. The minimum atomic E-state index is -4.97. The van der Waals surface area contributed by atoms with Gasteiger partial charge in [0, 0.05) is 25.7 Å². The predicted octanol–water partition coefficient (Wildman–Crippen LogP) is 26.4. The molecule has 0 heterocycles. The minimum Gasteiger partial charge on any atom is -0.462 e. The summed E-state index contributed by atoms with van der Waals surface area (Å²) >= 11 is 0. The van der Waals surface area contributed by atoms with Crippen molar-refractivity contribution in [3.05, 3.63) is 0 Å². The highest BCUT2D eigenvalue weighted by Crippen LogP contribution is 2.45. The lowest BCUT2D eigenvalue weighted by Crippen LogP contribution is -2.30. The van der Waals surface area contributed by atoms with Crippen LogP contribution in [-0.4, -0.2) is 96.7 Å². The monoisotopic (exact) mass is 1540 g/mol. The molecule has 624 valence electrons. The molecular formula is C86H168O17P2. The molecule has 19 heteroatoms. The van der Waals surface area contributed by atoms with E-state index in [4.69, 9.17) is 37.0 Å². The number of esters is 4. The number of hydrogen-bond acceptors (Lipinski definition) is 15. The van der Waals surface area contributed by atoms with E-state index >= 15 is 0 Å². The molecule has 3 N–H and O–H groups in total. The third-order valence-electron chi connectivity index (χ3n) is 20.3. The molecule has 105 heavy (non-hydrogen) atoms. The summed E-state index contributed by atoms with van der Waals surface area (Å²) in [6.45, 7) is 7.33. The molecule has 5 atom stereocenters. The van der Waals surface area contributed by atoms with Crippen molar-refractivity contribution in [2.45, 2.75) is 483 Å². The van der Waals surface area contributed by atoms with Gasteiger partial charge in [-0.2, -0.15) is 0 Å². The number of rotatable bonds is 86. The van der Waals surface area contributed by atoms with Crippen molar-refractivity contribution in [3.63, 3.8) is 0 Å². The van der Waals surface area contributed by atoms with E-state index in [1.54, 1.807) is 0 Å². The average molecular weight is 1540 g/mol. The lowest BCUT2D eigenvalue weighted by Gasteiger charge is -2.21. The van der Waals surface area contributed by atoms with Gasteiger partial charge in [-0.15, -0.1) is 0 Å². The summed E-state index contributed by atoms with van der Waals surface area (Å²) in [5.74, 6) is -1.35. The highest BCUT2D eigenvalue weighted by Gasteiger charge is 2.30. The Hall–Kier alpha value is -1.94. The number of phosphoric acid groups is 2. The van der Waals surface area contributed by atoms with Crippen LogP contribution in [0.2, 0.25) is 0 Å². The van der Waals surface area contributed by atoms with Crippen LogP contribution in [0.25, 0.3) is 0 Å². The number of hydrogen-bond donors (Lipinski definition) is 3. The normalized spacial score (nSPS) is 13.8. The number of ether oxygens (including phenoxy) is 4. The Kier molecular flexibility index (Phi) is 77.3. The van der Waals surface area contributed by atoms with Gasteiger partial charge in [0.1, 0.15) is 19.3 Å². The van der Waals surface area contributed by atoms with Crippen molar-refractivity contribution in [1.29, 1.82) is 0 Å². The molecule has 0 saturated carbocycles. The zero-order chi connectivity index (χ0) is 76.9. The van der Waals surface area contributed by atoms with E-state index in [0.29, 0.717) is 25.7 Å². The zero-order valence-corrected chi connectivity index (χ0v) is 70.7. The molecule has 0 aromatic heterocycles. The van der Waals surface area contributed by atoms with Crippen molar-refractivity contribution >= 4 is 39.5 Å². The molecule has 0 aromatic carbocycles. The predicted molar refractivity (Wildman–Crippen MR) is 432 cm³/mol. The summed E-state index contributed by atoms with van der Waals surface area (Å²) in [5, 5.41) is 10.7. The lowest BCUT2D eigenvalue weighted by molar-refractivity contribution is -0.161. The Labute approximate surface area is 645 Å². The van der Waals surface area contributed by atoms with Gasteiger partial charge in [0.25, 0.3) is 0 Å². The minimum absolute atomic E-state index is 0.107. The van der Waals surface area contributed by atoms with Crippen molar-refractivity contribution in [1.82, 2.24) is 0 Å². The van der Waals surface area contributed by atoms with Gasteiger partial charge >= 0.3 is 39.5 Å². The van der Waals surface area contributed by atoms with Gasteiger partial charge in [0.2, 0.25) is 0 Å². The topological polar surface area (TPSA) is 237 Å². The first-order valence-electron chi connectivity index (χ1n) is 44.6. The Bertz CT molecular complexity index is 2000. The summed E-state index contributed by atoms with van der Waals surface area (Å²) in [7, 11) is -9.92. The number of phosphoric ester groups is 2. The smallest absolute Gasteiger partial charge is 0.462 e. The molecule has 0 aromatic rings. The maximum atomic E-state index is 13.1. The van der Waals surface area contributed by atoms with E-state index < -0.39 is 97.5 Å². The summed E-state index contributed by atoms with van der Waals surface area (Å²) in [6.07, 6.45) is 72.4. The maximum absolute atomic E-state index is 13.1. The third kappa shape index (κ3) is 79.9. The van der Waals surface area contributed by atoms with E-state index in [0.717, 1.165) is 95.8 Å². The summed E-state index contributed by atoms with van der Waals surface area (Å²) in [4.78, 5) is 73.1. The molecule has 0 aliphatic carbocycles. The molecule has 0 fully saturated rings. The first-order valence-corrected chi connectivity index (χ1v) is 47.6. The van der Waals surface area contributed by atoms with E-state index in [1.165, 1.54) is 289 Å².